The molecule has 1 aromatic carbocycles. The number of hydrogen-bond donors (Lipinski definition) is 0. The Morgan fingerprint density at radius 3 is 2.76 bits per heavy atom. The number of hydrogen-bond acceptors (Lipinski definition) is 2. The Labute approximate surface area is 110 Å². The molecule has 92 valence electrons. The van der Waals surface area contributed by atoms with E-state index in [1.54, 1.807) is 0 Å². The largest absolute Gasteiger partial charge is 0.466 e. The molecule has 0 N–H and O–H groups in total. The molecule has 1 aliphatic rings. The highest BCUT2D eigenvalue weighted by molar-refractivity contribution is 9.10. The molecule has 0 spiro atoms. The third-order valence-corrected chi connectivity index (χ3v) is 4.03. The molecule has 0 radical (unpaired) electrons. The summed E-state index contributed by atoms with van der Waals surface area (Å²) in [6, 6.07) is 8.28. The van der Waals surface area contributed by atoms with Crippen molar-refractivity contribution in [1.82, 2.24) is 0 Å². The monoisotopic (exact) mass is 296 g/mol. The van der Waals surface area contributed by atoms with Crippen molar-refractivity contribution in [1.29, 1.82) is 0 Å². The molecular formula is C14H17BrO2. The summed E-state index contributed by atoms with van der Waals surface area (Å²) >= 11 is 3.49. The number of carbonyl (C=O) groups is 1. The van der Waals surface area contributed by atoms with Gasteiger partial charge in [-0.25, -0.2) is 0 Å². The van der Waals surface area contributed by atoms with Crippen molar-refractivity contribution >= 4 is 21.9 Å². The van der Waals surface area contributed by atoms with Crippen LogP contribution >= 0.6 is 15.9 Å². The summed E-state index contributed by atoms with van der Waals surface area (Å²) in [4.78, 5) is 11.7. The predicted octanol–water partition coefficient (Wildman–Crippen LogP) is 3.82. The van der Waals surface area contributed by atoms with E-state index in [4.69, 9.17) is 4.74 Å². The van der Waals surface area contributed by atoms with Crippen molar-refractivity contribution in [3.05, 3.63) is 34.3 Å². The van der Waals surface area contributed by atoms with E-state index in [1.807, 2.05) is 19.1 Å². The van der Waals surface area contributed by atoms with E-state index in [-0.39, 0.29) is 11.4 Å². The fourth-order valence-corrected chi connectivity index (χ4v) is 2.88. The summed E-state index contributed by atoms with van der Waals surface area (Å²) in [7, 11) is 0. The third kappa shape index (κ3) is 2.71. The van der Waals surface area contributed by atoms with Gasteiger partial charge in [-0.3, -0.25) is 4.79 Å². The molecule has 0 aromatic heterocycles. The van der Waals surface area contributed by atoms with Crippen LogP contribution in [0.1, 0.15) is 38.2 Å². The van der Waals surface area contributed by atoms with Gasteiger partial charge in [0.1, 0.15) is 0 Å². The summed E-state index contributed by atoms with van der Waals surface area (Å²) in [5, 5.41) is 0. The molecule has 17 heavy (non-hydrogen) atoms. The van der Waals surface area contributed by atoms with E-state index in [2.05, 4.69) is 28.1 Å². The number of rotatable bonds is 4. The van der Waals surface area contributed by atoms with Gasteiger partial charge < -0.3 is 4.74 Å². The van der Waals surface area contributed by atoms with Gasteiger partial charge in [0, 0.05) is 9.89 Å². The molecule has 0 bridgehead atoms. The van der Waals surface area contributed by atoms with Crippen molar-refractivity contribution < 1.29 is 9.53 Å². The van der Waals surface area contributed by atoms with Gasteiger partial charge in [0.25, 0.3) is 0 Å². The molecule has 0 saturated heterocycles. The van der Waals surface area contributed by atoms with Crippen LogP contribution in [0.4, 0.5) is 0 Å². The highest BCUT2D eigenvalue weighted by Gasteiger charge is 2.40. The summed E-state index contributed by atoms with van der Waals surface area (Å²) in [5.74, 6) is -0.0767. The minimum atomic E-state index is -0.0767. The quantitative estimate of drug-likeness (QED) is 0.790. The molecule has 1 aliphatic carbocycles. The number of benzene rings is 1. The first kappa shape index (κ1) is 12.6. The maximum atomic E-state index is 11.7. The second-order valence-corrected chi connectivity index (χ2v) is 5.54. The van der Waals surface area contributed by atoms with Gasteiger partial charge in [-0.1, -0.05) is 34.5 Å². The number of ether oxygens (including phenoxy) is 1. The Bertz CT molecular complexity index is 410. The molecule has 0 aliphatic heterocycles. The van der Waals surface area contributed by atoms with Gasteiger partial charge in [0.05, 0.1) is 13.0 Å². The van der Waals surface area contributed by atoms with Crippen LogP contribution in [0.15, 0.2) is 28.7 Å². The van der Waals surface area contributed by atoms with E-state index in [1.165, 1.54) is 12.0 Å². The fourth-order valence-electron chi connectivity index (χ4n) is 2.48. The average molecular weight is 297 g/mol. The van der Waals surface area contributed by atoms with Crippen molar-refractivity contribution in [3.63, 3.8) is 0 Å². The lowest BCUT2D eigenvalue weighted by molar-refractivity contribution is -0.145. The van der Waals surface area contributed by atoms with E-state index < -0.39 is 0 Å². The van der Waals surface area contributed by atoms with E-state index in [0.29, 0.717) is 13.0 Å². The zero-order valence-electron chi connectivity index (χ0n) is 10.0. The fraction of sp³-hybridized carbons (Fsp3) is 0.500. The molecule has 0 heterocycles. The van der Waals surface area contributed by atoms with Crippen molar-refractivity contribution in [2.75, 3.05) is 6.61 Å². The van der Waals surface area contributed by atoms with E-state index >= 15 is 0 Å². The SMILES string of the molecule is CCOC(=O)CC1(c2cccc(Br)c2)CCC1. The Balaban J connectivity index is 2.17. The van der Waals surface area contributed by atoms with Crippen LogP contribution in [0.25, 0.3) is 0 Å². The molecule has 0 unspecified atom stereocenters. The Morgan fingerprint density at radius 2 is 2.24 bits per heavy atom. The van der Waals surface area contributed by atoms with E-state index in [0.717, 1.165) is 17.3 Å². The second kappa shape index (κ2) is 5.21. The van der Waals surface area contributed by atoms with Gasteiger partial charge >= 0.3 is 5.97 Å². The van der Waals surface area contributed by atoms with Crippen LogP contribution < -0.4 is 0 Å². The van der Waals surface area contributed by atoms with Crippen LogP contribution in [-0.2, 0) is 14.9 Å². The van der Waals surface area contributed by atoms with Crippen molar-refractivity contribution in [2.24, 2.45) is 0 Å². The van der Waals surface area contributed by atoms with Crippen molar-refractivity contribution in [2.45, 2.75) is 38.0 Å². The minimum absolute atomic E-state index is 0.0238. The van der Waals surface area contributed by atoms with Crippen molar-refractivity contribution in [3.8, 4) is 0 Å². The van der Waals surface area contributed by atoms with Crippen LogP contribution in [0.5, 0.6) is 0 Å². The summed E-state index contributed by atoms with van der Waals surface area (Å²) in [6.07, 6.45) is 3.88. The molecule has 2 rings (SSSR count). The zero-order valence-corrected chi connectivity index (χ0v) is 11.6. The van der Waals surface area contributed by atoms with Gasteiger partial charge in [0.15, 0.2) is 0 Å². The Morgan fingerprint density at radius 1 is 1.47 bits per heavy atom. The Hall–Kier alpha value is -0.830. The van der Waals surface area contributed by atoms with Crippen LogP contribution in [0.3, 0.4) is 0 Å². The zero-order chi connectivity index (χ0) is 12.3. The van der Waals surface area contributed by atoms with Crippen LogP contribution in [0, 0.1) is 0 Å². The molecule has 0 amide bonds. The van der Waals surface area contributed by atoms with Gasteiger partial charge in [-0.15, -0.1) is 0 Å². The first-order chi connectivity index (χ1) is 8.16. The molecule has 0 atom stereocenters. The maximum absolute atomic E-state index is 11.7. The second-order valence-electron chi connectivity index (χ2n) is 4.63. The number of carbonyl (C=O) groups excluding carboxylic acids is 1. The molecule has 2 nitrogen and oxygen atoms in total. The normalized spacial score (nSPS) is 17.3. The number of esters is 1. The molecule has 1 saturated carbocycles. The lowest BCUT2D eigenvalue weighted by atomic mass is 9.62. The first-order valence-electron chi connectivity index (χ1n) is 6.08. The first-order valence-corrected chi connectivity index (χ1v) is 6.87. The van der Waals surface area contributed by atoms with E-state index in [9.17, 15) is 4.79 Å². The summed E-state index contributed by atoms with van der Waals surface area (Å²) in [5.41, 5.74) is 1.28. The molecular weight excluding hydrogens is 280 g/mol. The lowest BCUT2D eigenvalue weighted by Crippen LogP contribution is -2.37. The van der Waals surface area contributed by atoms with Gasteiger partial charge in [-0.05, 0) is 37.5 Å². The number of halogens is 1. The standard InChI is InChI=1S/C14H17BrO2/c1-2-17-13(16)10-14(7-4-8-14)11-5-3-6-12(15)9-11/h3,5-6,9H,2,4,7-8,10H2,1H3. The third-order valence-electron chi connectivity index (χ3n) is 3.54. The molecule has 1 aromatic rings. The summed E-state index contributed by atoms with van der Waals surface area (Å²) in [6.45, 7) is 2.32. The van der Waals surface area contributed by atoms with Crippen LogP contribution in [0.2, 0.25) is 0 Å². The topological polar surface area (TPSA) is 26.3 Å². The average Bonchev–Trinajstić information content (AvgIpc) is 2.24. The maximum Gasteiger partial charge on any atom is 0.306 e. The highest BCUT2D eigenvalue weighted by Crippen LogP contribution is 2.47. The minimum Gasteiger partial charge on any atom is -0.466 e. The van der Waals surface area contributed by atoms with Gasteiger partial charge in [-0.2, -0.15) is 0 Å². The predicted molar refractivity (Wildman–Crippen MR) is 70.9 cm³/mol. The Kier molecular flexibility index (Phi) is 3.87. The van der Waals surface area contributed by atoms with Gasteiger partial charge in [0.2, 0.25) is 0 Å². The highest BCUT2D eigenvalue weighted by atomic mass is 79.9. The summed E-state index contributed by atoms with van der Waals surface area (Å²) < 4.78 is 6.15. The smallest absolute Gasteiger partial charge is 0.306 e. The van der Waals surface area contributed by atoms with Crippen LogP contribution in [-0.4, -0.2) is 12.6 Å². The molecule has 3 heteroatoms. The molecule has 1 fully saturated rings. The lowest BCUT2D eigenvalue weighted by Gasteiger charge is -2.41.